The van der Waals surface area contributed by atoms with Crippen molar-refractivity contribution in [3.63, 3.8) is 0 Å². The summed E-state index contributed by atoms with van der Waals surface area (Å²) in [5, 5.41) is 0. The first-order valence-corrected chi connectivity index (χ1v) is 2.63. The summed E-state index contributed by atoms with van der Waals surface area (Å²) in [6.45, 7) is 0. The topological polar surface area (TPSA) is 38.7 Å². The van der Waals surface area contributed by atoms with E-state index < -0.39 is 0 Å². The van der Waals surface area contributed by atoms with Crippen LogP contribution in [0.5, 0.6) is 0 Å². The maximum absolute atomic E-state index is 10.6. The van der Waals surface area contributed by atoms with E-state index in [1.165, 1.54) is 13.3 Å². The zero-order chi connectivity index (χ0) is 6.69. The van der Waals surface area contributed by atoms with Crippen LogP contribution in [0.15, 0.2) is 16.8 Å². The summed E-state index contributed by atoms with van der Waals surface area (Å²) in [6.07, 6.45) is 3.80. The number of carbonyl (C=O) groups excluding carboxylic acids is 1. The number of aliphatic imine (C=N–C) groups is 1. The molecule has 0 unspecified atom stereocenters. The first kappa shape index (κ1) is 6.01. The van der Waals surface area contributed by atoms with Crippen LogP contribution in [-0.2, 0) is 9.53 Å². The zero-order valence-corrected chi connectivity index (χ0v) is 5.13. The largest absolute Gasteiger partial charge is 0.466 e. The lowest BCUT2D eigenvalue weighted by molar-refractivity contribution is -0.136. The summed E-state index contributed by atoms with van der Waals surface area (Å²) in [5.41, 5.74) is 0.623. The minimum absolute atomic E-state index is 0.285. The van der Waals surface area contributed by atoms with Crippen molar-refractivity contribution in [3.8, 4) is 0 Å². The first-order chi connectivity index (χ1) is 4.34. The Morgan fingerprint density at radius 3 is 3.11 bits per heavy atom. The SMILES string of the molecule is COC(=O)C1=CN=CC1. The molecule has 3 nitrogen and oxygen atoms in total. The summed E-state index contributed by atoms with van der Waals surface area (Å²) < 4.78 is 4.45. The van der Waals surface area contributed by atoms with E-state index in [0.717, 1.165) is 0 Å². The van der Waals surface area contributed by atoms with Crippen molar-refractivity contribution in [1.29, 1.82) is 0 Å². The fourth-order valence-corrected chi connectivity index (χ4v) is 0.614. The van der Waals surface area contributed by atoms with Gasteiger partial charge in [0.05, 0.1) is 12.7 Å². The number of rotatable bonds is 1. The lowest BCUT2D eigenvalue weighted by atomic mass is 10.2. The second kappa shape index (κ2) is 2.44. The van der Waals surface area contributed by atoms with Crippen LogP contribution in [0, 0.1) is 0 Å². The molecule has 0 bridgehead atoms. The Hall–Kier alpha value is -1.12. The van der Waals surface area contributed by atoms with Gasteiger partial charge in [0, 0.05) is 18.8 Å². The Bertz CT molecular complexity index is 181. The Morgan fingerprint density at radius 2 is 2.67 bits per heavy atom. The number of carbonyl (C=O) groups is 1. The molecule has 0 aliphatic carbocycles. The fourth-order valence-electron chi connectivity index (χ4n) is 0.614. The van der Waals surface area contributed by atoms with Gasteiger partial charge in [0.1, 0.15) is 0 Å². The molecule has 0 atom stereocenters. The number of ether oxygens (including phenoxy) is 1. The number of nitrogens with zero attached hydrogens (tertiary/aromatic N) is 1. The molecule has 0 aromatic carbocycles. The molecule has 0 saturated heterocycles. The van der Waals surface area contributed by atoms with Crippen molar-refractivity contribution >= 4 is 12.2 Å². The van der Waals surface area contributed by atoms with Crippen LogP contribution in [0.1, 0.15) is 6.42 Å². The molecule has 1 heterocycles. The highest BCUT2D eigenvalue weighted by atomic mass is 16.5. The van der Waals surface area contributed by atoms with Crippen molar-refractivity contribution in [2.75, 3.05) is 7.11 Å². The van der Waals surface area contributed by atoms with Gasteiger partial charge in [-0.05, 0) is 0 Å². The van der Waals surface area contributed by atoms with E-state index in [-0.39, 0.29) is 5.97 Å². The van der Waals surface area contributed by atoms with Gasteiger partial charge in [0.25, 0.3) is 0 Å². The number of hydrogen-bond donors (Lipinski definition) is 0. The molecular weight excluding hydrogens is 118 g/mol. The van der Waals surface area contributed by atoms with Gasteiger partial charge in [-0.25, -0.2) is 4.79 Å². The fraction of sp³-hybridized carbons (Fsp3) is 0.333. The molecule has 1 aliphatic rings. The van der Waals surface area contributed by atoms with Crippen LogP contribution in [-0.4, -0.2) is 19.3 Å². The molecule has 1 aliphatic heterocycles. The number of methoxy groups -OCH3 is 1. The molecule has 0 fully saturated rings. The van der Waals surface area contributed by atoms with Gasteiger partial charge >= 0.3 is 5.97 Å². The highest BCUT2D eigenvalue weighted by Gasteiger charge is 2.09. The van der Waals surface area contributed by atoms with Crippen LogP contribution < -0.4 is 0 Å². The maximum Gasteiger partial charge on any atom is 0.335 e. The Kier molecular flexibility index (Phi) is 1.63. The number of esters is 1. The van der Waals surface area contributed by atoms with E-state index >= 15 is 0 Å². The summed E-state index contributed by atoms with van der Waals surface area (Å²) >= 11 is 0. The summed E-state index contributed by atoms with van der Waals surface area (Å²) in [5.74, 6) is -0.285. The van der Waals surface area contributed by atoms with Crippen molar-refractivity contribution < 1.29 is 9.53 Å². The molecule has 0 aromatic rings. The molecule has 48 valence electrons. The zero-order valence-electron chi connectivity index (χ0n) is 5.13. The van der Waals surface area contributed by atoms with E-state index in [4.69, 9.17) is 0 Å². The average Bonchev–Trinajstić information content (AvgIpc) is 2.37. The molecular formula is C6H7NO2. The average molecular weight is 125 g/mol. The van der Waals surface area contributed by atoms with Crippen LogP contribution in [0.4, 0.5) is 0 Å². The van der Waals surface area contributed by atoms with Crippen LogP contribution in [0.3, 0.4) is 0 Å². The summed E-state index contributed by atoms with van der Waals surface area (Å²) in [7, 11) is 1.36. The maximum atomic E-state index is 10.6. The van der Waals surface area contributed by atoms with E-state index in [0.29, 0.717) is 12.0 Å². The van der Waals surface area contributed by atoms with Crippen LogP contribution in [0.25, 0.3) is 0 Å². The van der Waals surface area contributed by atoms with Crippen molar-refractivity contribution in [2.45, 2.75) is 6.42 Å². The van der Waals surface area contributed by atoms with E-state index in [1.807, 2.05) is 0 Å². The van der Waals surface area contributed by atoms with E-state index in [2.05, 4.69) is 9.73 Å². The molecule has 3 heteroatoms. The highest BCUT2D eigenvalue weighted by Crippen LogP contribution is 2.06. The van der Waals surface area contributed by atoms with E-state index in [9.17, 15) is 4.79 Å². The Morgan fingerprint density at radius 1 is 1.89 bits per heavy atom. The van der Waals surface area contributed by atoms with Gasteiger partial charge in [-0.3, -0.25) is 4.99 Å². The second-order valence-corrected chi connectivity index (χ2v) is 1.68. The molecule has 1 rings (SSSR count). The lowest BCUT2D eigenvalue weighted by Gasteiger charge is -1.94. The van der Waals surface area contributed by atoms with Gasteiger partial charge in [0.2, 0.25) is 0 Å². The highest BCUT2D eigenvalue weighted by molar-refractivity contribution is 5.93. The van der Waals surface area contributed by atoms with Crippen molar-refractivity contribution in [3.05, 3.63) is 11.8 Å². The van der Waals surface area contributed by atoms with Gasteiger partial charge < -0.3 is 4.74 Å². The predicted molar refractivity (Wildman–Crippen MR) is 33.2 cm³/mol. The van der Waals surface area contributed by atoms with Crippen molar-refractivity contribution in [1.82, 2.24) is 0 Å². The summed E-state index contributed by atoms with van der Waals surface area (Å²) in [6, 6.07) is 0. The molecule has 0 saturated carbocycles. The molecule has 0 amide bonds. The predicted octanol–water partition coefficient (Wildman–Crippen LogP) is 0.518. The lowest BCUT2D eigenvalue weighted by Crippen LogP contribution is -2.02. The second-order valence-electron chi connectivity index (χ2n) is 1.68. The Balaban J connectivity index is 2.55. The van der Waals surface area contributed by atoms with Gasteiger partial charge in [0.15, 0.2) is 0 Å². The van der Waals surface area contributed by atoms with Crippen LogP contribution >= 0.6 is 0 Å². The summed E-state index contributed by atoms with van der Waals surface area (Å²) in [4.78, 5) is 14.4. The smallest absolute Gasteiger partial charge is 0.335 e. The molecule has 0 spiro atoms. The van der Waals surface area contributed by atoms with Gasteiger partial charge in [-0.15, -0.1) is 0 Å². The standard InChI is InChI=1S/C6H7NO2/c1-9-6(8)5-2-3-7-4-5/h3-4H,2H2,1H3. The normalized spacial score (nSPS) is 15.4. The third-order valence-electron chi connectivity index (χ3n) is 1.09. The first-order valence-electron chi connectivity index (χ1n) is 2.63. The monoisotopic (exact) mass is 125 g/mol. The quantitative estimate of drug-likeness (QED) is 0.479. The van der Waals surface area contributed by atoms with Crippen molar-refractivity contribution in [2.24, 2.45) is 4.99 Å². The molecule has 0 radical (unpaired) electrons. The van der Waals surface area contributed by atoms with Gasteiger partial charge in [-0.1, -0.05) is 0 Å². The minimum Gasteiger partial charge on any atom is -0.466 e. The molecule has 9 heavy (non-hydrogen) atoms. The van der Waals surface area contributed by atoms with Crippen LogP contribution in [0.2, 0.25) is 0 Å². The third kappa shape index (κ3) is 1.16. The Labute approximate surface area is 53.0 Å². The van der Waals surface area contributed by atoms with Gasteiger partial charge in [-0.2, -0.15) is 0 Å². The molecule has 0 N–H and O–H groups in total. The third-order valence-corrected chi connectivity index (χ3v) is 1.09. The van der Waals surface area contributed by atoms with E-state index in [1.54, 1.807) is 6.21 Å². The minimum atomic E-state index is -0.285. The number of hydrogen-bond acceptors (Lipinski definition) is 3. The molecule has 0 aromatic heterocycles.